The zero-order chi connectivity index (χ0) is 18.4. The number of pyridine rings is 1. The number of benzene rings is 1. The molecule has 0 spiro atoms. The van der Waals surface area contributed by atoms with Crippen molar-refractivity contribution < 1.29 is 8.78 Å². The van der Waals surface area contributed by atoms with Crippen LogP contribution in [-0.4, -0.2) is 43.8 Å². The summed E-state index contributed by atoms with van der Waals surface area (Å²) in [5, 5.41) is 13.7. The van der Waals surface area contributed by atoms with E-state index in [0.29, 0.717) is 21.8 Å². The molecule has 0 fully saturated rings. The van der Waals surface area contributed by atoms with Gasteiger partial charge < -0.3 is 4.90 Å². The Hall–Kier alpha value is -2.04. The van der Waals surface area contributed by atoms with Gasteiger partial charge in [-0.2, -0.15) is 9.61 Å². The quantitative estimate of drug-likeness (QED) is 0.488. The average molecular weight is 439 g/mol. The minimum Gasteiger partial charge on any atom is -0.303 e. The minimum atomic E-state index is -0.662. The van der Waals surface area contributed by atoms with E-state index in [1.807, 2.05) is 19.0 Å². The Kier molecular flexibility index (Phi) is 4.41. The molecule has 134 valence electrons. The molecule has 4 rings (SSSR count). The maximum absolute atomic E-state index is 14.9. The van der Waals surface area contributed by atoms with Crippen molar-refractivity contribution in [3.63, 3.8) is 0 Å². The molecule has 0 bridgehead atoms. The van der Waals surface area contributed by atoms with Gasteiger partial charge in [0.15, 0.2) is 5.82 Å². The van der Waals surface area contributed by atoms with Crippen LogP contribution in [0.1, 0.15) is 16.4 Å². The first kappa shape index (κ1) is 17.4. The van der Waals surface area contributed by atoms with Crippen LogP contribution in [0.15, 0.2) is 22.8 Å². The summed E-state index contributed by atoms with van der Waals surface area (Å²) >= 11 is 4.67. The number of aromatic nitrogens is 5. The molecule has 3 aromatic heterocycles. The van der Waals surface area contributed by atoms with Gasteiger partial charge in [-0.25, -0.2) is 8.78 Å². The highest BCUT2D eigenvalue weighted by molar-refractivity contribution is 9.10. The molecule has 1 aromatic carbocycles. The van der Waals surface area contributed by atoms with Crippen LogP contribution in [0.4, 0.5) is 8.78 Å². The van der Waals surface area contributed by atoms with Crippen molar-refractivity contribution in [3.8, 4) is 0 Å². The highest BCUT2D eigenvalue weighted by Crippen LogP contribution is 2.27. The van der Waals surface area contributed by atoms with Gasteiger partial charge in [-0.05, 0) is 36.1 Å². The van der Waals surface area contributed by atoms with Gasteiger partial charge in [-0.15, -0.1) is 10.2 Å². The molecule has 26 heavy (non-hydrogen) atoms. The van der Waals surface area contributed by atoms with Crippen LogP contribution >= 0.6 is 27.3 Å². The Morgan fingerprint density at radius 2 is 2.04 bits per heavy atom. The topological polar surface area (TPSA) is 59.2 Å². The summed E-state index contributed by atoms with van der Waals surface area (Å²) in [6.07, 6.45) is 1.46. The normalized spacial score (nSPS) is 11.9. The van der Waals surface area contributed by atoms with E-state index in [1.165, 1.54) is 23.6 Å². The van der Waals surface area contributed by atoms with Gasteiger partial charge in [-0.1, -0.05) is 11.3 Å². The third kappa shape index (κ3) is 3.08. The van der Waals surface area contributed by atoms with Crippen molar-refractivity contribution in [1.82, 2.24) is 29.7 Å². The van der Waals surface area contributed by atoms with Crippen LogP contribution < -0.4 is 0 Å². The molecule has 0 N–H and O–H groups in total. The van der Waals surface area contributed by atoms with E-state index in [4.69, 9.17) is 0 Å². The summed E-state index contributed by atoms with van der Waals surface area (Å²) in [7, 11) is 3.88. The molecule has 4 aromatic rings. The maximum atomic E-state index is 14.9. The van der Waals surface area contributed by atoms with Crippen molar-refractivity contribution in [3.05, 3.63) is 50.8 Å². The second kappa shape index (κ2) is 6.60. The van der Waals surface area contributed by atoms with Crippen molar-refractivity contribution in [2.45, 2.75) is 13.0 Å². The van der Waals surface area contributed by atoms with Gasteiger partial charge in [-0.3, -0.25) is 4.98 Å². The van der Waals surface area contributed by atoms with E-state index in [1.54, 1.807) is 10.6 Å². The summed E-state index contributed by atoms with van der Waals surface area (Å²) < 4.78 is 31.5. The third-order valence-corrected chi connectivity index (χ3v) is 5.14. The average Bonchev–Trinajstić information content (AvgIpc) is 3.12. The number of fused-ring (bicyclic) bond motifs is 2. The van der Waals surface area contributed by atoms with E-state index in [9.17, 15) is 8.78 Å². The lowest BCUT2D eigenvalue weighted by atomic mass is 10.1. The molecule has 3 heterocycles. The monoisotopic (exact) mass is 438 g/mol. The predicted octanol–water partition coefficient (Wildman–Crippen LogP) is 3.43. The molecule has 0 unspecified atom stereocenters. The van der Waals surface area contributed by atoms with Crippen molar-refractivity contribution in [1.29, 1.82) is 0 Å². The number of hydrogen-bond acceptors (Lipinski definition) is 6. The standard InChI is InChI=1S/C16H13BrF2N6S/c1-24(2)7-14-23-25-13(21-22-16(25)26-14)4-9-11(18)5-12-10(15(9)19)3-8(17)6-20-12/h3,5-6H,4,7H2,1-2H3. The molecule has 0 aliphatic carbocycles. The number of hydrogen-bond donors (Lipinski definition) is 0. The fraction of sp³-hybridized carbons (Fsp3) is 0.250. The van der Waals surface area contributed by atoms with E-state index in [-0.39, 0.29) is 22.9 Å². The fourth-order valence-electron chi connectivity index (χ4n) is 2.68. The molecule has 0 saturated carbocycles. The first-order chi connectivity index (χ1) is 12.4. The smallest absolute Gasteiger partial charge is 0.234 e. The Morgan fingerprint density at radius 1 is 1.23 bits per heavy atom. The lowest BCUT2D eigenvalue weighted by Crippen LogP contribution is -2.11. The van der Waals surface area contributed by atoms with Gasteiger partial charge in [0.1, 0.15) is 16.6 Å². The molecule has 0 atom stereocenters. The molecule has 0 aliphatic rings. The second-order valence-corrected chi connectivity index (χ2v) is 8.05. The van der Waals surface area contributed by atoms with Crippen LogP contribution in [0.5, 0.6) is 0 Å². The Morgan fingerprint density at radius 3 is 2.81 bits per heavy atom. The van der Waals surface area contributed by atoms with Gasteiger partial charge in [0.05, 0.1) is 12.1 Å². The van der Waals surface area contributed by atoms with Crippen LogP contribution in [0.25, 0.3) is 15.9 Å². The number of rotatable bonds is 4. The highest BCUT2D eigenvalue weighted by Gasteiger charge is 2.19. The fourth-order valence-corrected chi connectivity index (χ4v) is 3.98. The highest BCUT2D eigenvalue weighted by atomic mass is 79.9. The summed E-state index contributed by atoms with van der Waals surface area (Å²) in [4.78, 5) is 6.63. The van der Waals surface area contributed by atoms with Gasteiger partial charge in [0.2, 0.25) is 4.96 Å². The molecule has 10 heteroatoms. The van der Waals surface area contributed by atoms with Crippen LogP contribution in [0, 0.1) is 11.6 Å². The zero-order valence-corrected chi connectivity index (χ0v) is 16.3. The van der Waals surface area contributed by atoms with E-state index in [2.05, 4.69) is 36.2 Å². The number of nitrogens with zero attached hydrogens (tertiary/aromatic N) is 6. The molecule has 0 amide bonds. The summed E-state index contributed by atoms with van der Waals surface area (Å²) in [6.45, 7) is 0.659. The molecular formula is C16H13BrF2N6S. The SMILES string of the molecule is CN(C)Cc1nn2c(Cc3c(F)cc4ncc(Br)cc4c3F)nnc2s1. The zero-order valence-electron chi connectivity index (χ0n) is 13.9. The number of halogens is 3. The molecule has 0 aliphatic heterocycles. The minimum absolute atomic E-state index is 0.0492. The maximum Gasteiger partial charge on any atom is 0.234 e. The van der Waals surface area contributed by atoms with Gasteiger partial charge in [0.25, 0.3) is 0 Å². The Balaban J connectivity index is 1.77. The largest absolute Gasteiger partial charge is 0.303 e. The first-order valence-electron chi connectivity index (χ1n) is 7.69. The van der Waals surface area contributed by atoms with Gasteiger partial charge >= 0.3 is 0 Å². The third-order valence-electron chi connectivity index (χ3n) is 3.82. The van der Waals surface area contributed by atoms with Crippen molar-refractivity contribution >= 4 is 43.1 Å². The second-order valence-electron chi connectivity index (χ2n) is 6.09. The molecule has 0 saturated heterocycles. The van der Waals surface area contributed by atoms with Crippen molar-refractivity contribution in [2.24, 2.45) is 0 Å². The lowest BCUT2D eigenvalue weighted by molar-refractivity contribution is 0.399. The van der Waals surface area contributed by atoms with Crippen LogP contribution in [0.3, 0.4) is 0 Å². The molecule has 6 nitrogen and oxygen atoms in total. The van der Waals surface area contributed by atoms with Gasteiger partial charge in [0, 0.05) is 34.1 Å². The Bertz CT molecular complexity index is 1120. The lowest BCUT2D eigenvalue weighted by Gasteiger charge is -2.07. The Labute approximate surface area is 159 Å². The summed E-state index contributed by atoms with van der Waals surface area (Å²) in [6, 6.07) is 2.81. The first-order valence-corrected chi connectivity index (χ1v) is 9.30. The van der Waals surface area contributed by atoms with E-state index < -0.39 is 11.6 Å². The van der Waals surface area contributed by atoms with E-state index in [0.717, 1.165) is 5.01 Å². The van der Waals surface area contributed by atoms with Crippen LogP contribution in [-0.2, 0) is 13.0 Å². The summed E-state index contributed by atoms with van der Waals surface area (Å²) in [5.41, 5.74) is 0.189. The predicted molar refractivity (Wildman–Crippen MR) is 98.2 cm³/mol. The van der Waals surface area contributed by atoms with Crippen LogP contribution in [0.2, 0.25) is 0 Å². The molecule has 0 radical (unpaired) electrons. The summed E-state index contributed by atoms with van der Waals surface area (Å²) in [5.74, 6) is -0.916. The van der Waals surface area contributed by atoms with E-state index >= 15 is 0 Å². The van der Waals surface area contributed by atoms with Crippen molar-refractivity contribution in [2.75, 3.05) is 14.1 Å². The molecular weight excluding hydrogens is 426 g/mol.